The van der Waals surface area contributed by atoms with Gasteiger partial charge in [-0.25, -0.2) is 0 Å². The van der Waals surface area contributed by atoms with Crippen LogP contribution in [0.1, 0.15) is 12.8 Å². The number of hydrogen-bond donors (Lipinski definition) is 2. The van der Waals surface area contributed by atoms with Crippen LogP contribution in [0, 0.1) is 0 Å². The first-order chi connectivity index (χ1) is 5.31. The summed E-state index contributed by atoms with van der Waals surface area (Å²) in [6.07, 6.45) is -1.15. The van der Waals surface area contributed by atoms with E-state index in [0.29, 0.717) is 0 Å². The molecule has 0 aromatic rings. The molecule has 0 spiro atoms. The first-order valence-corrected chi connectivity index (χ1v) is 4.09. The standard InChI is InChI=1S/C4H6O7S.Na/c5-3(6)1-2-4(7)11-12(8,9)10;/h1-2H2,(H,5,6)(H,8,9,10);. The van der Waals surface area contributed by atoms with Gasteiger partial charge in [0.2, 0.25) is 0 Å². The van der Waals surface area contributed by atoms with Gasteiger partial charge in [-0.2, -0.15) is 8.42 Å². The summed E-state index contributed by atoms with van der Waals surface area (Å²) in [5, 5.41) is 8.04. The second kappa shape index (κ2) is 6.33. The van der Waals surface area contributed by atoms with Gasteiger partial charge in [0.25, 0.3) is 0 Å². The maximum atomic E-state index is 10.3. The SMILES string of the molecule is O=C(O)CCC(=O)OS(=O)(=O)O.[Na]. The minimum atomic E-state index is -4.81. The fraction of sp³-hybridized carbons (Fsp3) is 0.500. The van der Waals surface area contributed by atoms with Crippen molar-refractivity contribution in [3.8, 4) is 0 Å². The van der Waals surface area contributed by atoms with Crippen LogP contribution in [0.2, 0.25) is 0 Å². The Balaban J connectivity index is 0. The molecule has 0 amide bonds. The molecule has 0 heterocycles. The largest absolute Gasteiger partial charge is 0.481 e. The van der Waals surface area contributed by atoms with Gasteiger partial charge in [-0.3, -0.25) is 14.1 Å². The van der Waals surface area contributed by atoms with Crippen LogP contribution in [0.4, 0.5) is 0 Å². The molecule has 7 nitrogen and oxygen atoms in total. The molecule has 0 saturated carbocycles. The summed E-state index contributed by atoms with van der Waals surface area (Å²) >= 11 is 0. The zero-order chi connectivity index (χ0) is 9.78. The molecule has 0 aliphatic carbocycles. The van der Waals surface area contributed by atoms with E-state index >= 15 is 0 Å². The summed E-state index contributed by atoms with van der Waals surface area (Å²) in [4.78, 5) is 20.2. The van der Waals surface area contributed by atoms with Gasteiger partial charge in [-0.1, -0.05) is 0 Å². The molecule has 13 heavy (non-hydrogen) atoms. The van der Waals surface area contributed by atoms with Crippen molar-refractivity contribution in [1.82, 2.24) is 0 Å². The smallest absolute Gasteiger partial charge is 0.448 e. The average Bonchev–Trinajstić information content (AvgIpc) is 1.79. The minimum Gasteiger partial charge on any atom is -0.481 e. The molecule has 2 N–H and O–H groups in total. The fourth-order valence-electron chi connectivity index (χ4n) is 0.368. The van der Waals surface area contributed by atoms with Gasteiger partial charge >= 0.3 is 22.3 Å². The Bertz CT molecular complexity index is 281. The normalized spacial score (nSPS) is 9.92. The van der Waals surface area contributed by atoms with Gasteiger partial charge in [0.15, 0.2) is 0 Å². The monoisotopic (exact) mass is 221 g/mol. The van der Waals surface area contributed by atoms with E-state index in [9.17, 15) is 18.0 Å². The van der Waals surface area contributed by atoms with E-state index in [-0.39, 0.29) is 29.6 Å². The molecule has 71 valence electrons. The third kappa shape index (κ3) is 11.9. The first kappa shape index (κ1) is 15.3. The molecule has 0 fully saturated rings. The molecule has 0 aromatic heterocycles. The van der Waals surface area contributed by atoms with Gasteiger partial charge in [0.05, 0.1) is 12.8 Å². The van der Waals surface area contributed by atoms with Crippen molar-refractivity contribution in [3.63, 3.8) is 0 Å². The van der Waals surface area contributed by atoms with Gasteiger partial charge in [-0.05, 0) is 0 Å². The molecule has 0 bridgehead atoms. The number of carboxylic acids is 1. The fourth-order valence-corrected chi connectivity index (χ4v) is 0.686. The number of aliphatic carboxylic acids is 1. The van der Waals surface area contributed by atoms with E-state index in [0.717, 1.165) is 0 Å². The molecule has 1 radical (unpaired) electrons. The number of rotatable bonds is 4. The summed E-state index contributed by atoms with van der Waals surface area (Å²) in [7, 11) is -4.81. The Morgan fingerprint density at radius 2 is 1.69 bits per heavy atom. The maximum Gasteiger partial charge on any atom is 0.448 e. The van der Waals surface area contributed by atoms with Crippen LogP contribution in [0.15, 0.2) is 0 Å². The first-order valence-electron chi connectivity index (χ1n) is 2.73. The van der Waals surface area contributed by atoms with Gasteiger partial charge < -0.3 is 9.29 Å². The van der Waals surface area contributed by atoms with Gasteiger partial charge in [0, 0.05) is 29.6 Å². The molecule has 0 unspecified atom stereocenters. The van der Waals surface area contributed by atoms with Crippen LogP contribution in [0.25, 0.3) is 0 Å². The van der Waals surface area contributed by atoms with Crippen LogP contribution in [0.5, 0.6) is 0 Å². The zero-order valence-corrected chi connectivity index (χ0v) is 9.57. The van der Waals surface area contributed by atoms with Crippen molar-refractivity contribution in [1.29, 1.82) is 0 Å². The maximum absolute atomic E-state index is 10.3. The van der Waals surface area contributed by atoms with Gasteiger partial charge in [0.1, 0.15) is 0 Å². The van der Waals surface area contributed by atoms with Crippen LogP contribution < -0.4 is 0 Å². The van der Waals surface area contributed by atoms with E-state index in [1.165, 1.54) is 0 Å². The second-order valence-corrected chi connectivity index (χ2v) is 2.80. The van der Waals surface area contributed by atoms with Crippen molar-refractivity contribution in [2.75, 3.05) is 0 Å². The van der Waals surface area contributed by atoms with Crippen LogP contribution >= 0.6 is 0 Å². The van der Waals surface area contributed by atoms with Crippen molar-refractivity contribution in [2.24, 2.45) is 0 Å². The van der Waals surface area contributed by atoms with E-state index in [1.807, 2.05) is 0 Å². The Kier molecular flexibility index (Phi) is 7.46. The topological polar surface area (TPSA) is 118 Å². The van der Waals surface area contributed by atoms with Gasteiger partial charge in [-0.15, -0.1) is 0 Å². The molecule has 0 atom stereocenters. The predicted molar refractivity (Wildman–Crippen MR) is 40.3 cm³/mol. The summed E-state index contributed by atoms with van der Waals surface area (Å²) in [6.45, 7) is 0. The summed E-state index contributed by atoms with van der Waals surface area (Å²) in [6, 6.07) is 0. The Labute approximate surface area is 96.3 Å². The zero-order valence-electron chi connectivity index (χ0n) is 6.76. The Morgan fingerprint density at radius 1 is 1.23 bits per heavy atom. The van der Waals surface area contributed by atoms with E-state index in [2.05, 4.69) is 4.18 Å². The Hall–Kier alpha value is -0.150. The molecule has 9 heteroatoms. The van der Waals surface area contributed by atoms with Crippen LogP contribution in [0.3, 0.4) is 0 Å². The quantitative estimate of drug-likeness (QED) is 0.452. The molecule has 0 saturated heterocycles. The molecule has 0 aromatic carbocycles. The van der Waals surface area contributed by atoms with E-state index in [4.69, 9.17) is 9.66 Å². The minimum absolute atomic E-state index is 0. The summed E-state index contributed by atoms with van der Waals surface area (Å²) in [5.74, 6) is -2.57. The van der Waals surface area contributed by atoms with E-state index in [1.54, 1.807) is 0 Å². The number of hydrogen-bond acceptors (Lipinski definition) is 5. The number of carboxylic acid groups (broad SMARTS) is 1. The third-order valence-corrected chi connectivity index (χ3v) is 1.14. The molecule has 0 rings (SSSR count). The number of carbonyl (C=O) groups is 2. The van der Waals surface area contributed by atoms with Crippen LogP contribution in [-0.4, -0.2) is 59.6 Å². The van der Waals surface area contributed by atoms with Crippen molar-refractivity contribution >= 4 is 51.9 Å². The average molecular weight is 221 g/mol. The molecule has 0 aliphatic rings. The number of carbonyl (C=O) groups excluding carboxylic acids is 1. The summed E-state index contributed by atoms with van der Waals surface area (Å²) < 4.78 is 31.1. The molecular formula is C4H6NaO7S. The van der Waals surface area contributed by atoms with Crippen LogP contribution in [-0.2, 0) is 24.2 Å². The molecular weight excluding hydrogens is 215 g/mol. The second-order valence-electron chi connectivity index (χ2n) is 1.78. The van der Waals surface area contributed by atoms with Crippen molar-refractivity contribution < 1.29 is 31.8 Å². The van der Waals surface area contributed by atoms with E-state index < -0.39 is 35.2 Å². The van der Waals surface area contributed by atoms with Crippen molar-refractivity contribution in [3.05, 3.63) is 0 Å². The summed E-state index contributed by atoms with van der Waals surface area (Å²) in [5.41, 5.74) is 0. The predicted octanol–water partition coefficient (Wildman–Crippen LogP) is -1.18. The van der Waals surface area contributed by atoms with Crippen molar-refractivity contribution in [2.45, 2.75) is 12.8 Å². The Morgan fingerprint density at radius 3 is 2.00 bits per heavy atom. The third-order valence-electron chi connectivity index (χ3n) is 0.741. The molecule has 0 aliphatic heterocycles.